The number of carbonyl (C=O) groups excluding carboxylic acids is 4. The van der Waals surface area contributed by atoms with Crippen LogP contribution in [0.1, 0.15) is 41.5 Å². The Morgan fingerprint density at radius 3 is 2.03 bits per heavy atom. The van der Waals surface area contributed by atoms with Crippen LogP contribution >= 0.6 is 0 Å². The molecule has 1 aliphatic carbocycles. The lowest BCUT2D eigenvalue weighted by atomic mass is 9.78. The van der Waals surface area contributed by atoms with Crippen molar-refractivity contribution in [2.24, 2.45) is 17.8 Å². The van der Waals surface area contributed by atoms with E-state index >= 15 is 0 Å². The standard InChI is InChI=1S/C24H38O8Si/c1-10-13-31-21(26)19-17(25)14-16(15(4)32-33(8,9)24(5,6)7)18(19)20(22(27)29-11-2)23(28)30-12-3/h10,14-15,18-20H,1,11-13H2,2-9H3/t15-,18-,19-/m0/s1. The largest absolute Gasteiger partial charge is 0.465 e. The highest BCUT2D eigenvalue weighted by Gasteiger charge is 2.54. The number of hydrogen-bond donors (Lipinski definition) is 0. The Hall–Kier alpha value is -2.26. The fourth-order valence-corrected chi connectivity index (χ4v) is 4.90. The van der Waals surface area contributed by atoms with E-state index in [0.717, 1.165) is 0 Å². The minimum atomic E-state index is -2.29. The van der Waals surface area contributed by atoms with Crippen LogP contribution in [0.4, 0.5) is 0 Å². The lowest BCUT2D eigenvalue weighted by Crippen LogP contribution is -2.46. The molecule has 186 valence electrons. The smallest absolute Gasteiger partial charge is 0.320 e. The Labute approximate surface area is 197 Å². The van der Waals surface area contributed by atoms with Gasteiger partial charge in [0.15, 0.2) is 20.0 Å². The van der Waals surface area contributed by atoms with Crippen LogP contribution in [0.2, 0.25) is 18.1 Å². The van der Waals surface area contributed by atoms with Gasteiger partial charge in [-0.25, -0.2) is 0 Å². The SMILES string of the molecule is C=CCOC(=O)[C@H]1C(=O)C=C([C@H](C)O[Si](C)(C)C(C)(C)C)[C@@H]1C(C(=O)OCC)C(=O)OCC. The van der Waals surface area contributed by atoms with Gasteiger partial charge in [0, 0.05) is 5.92 Å². The van der Waals surface area contributed by atoms with Gasteiger partial charge in [0.1, 0.15) is 12.5 Å². The van der Waals surface area contributed by atoms with Crippen LogP contribution in [0.25, 0.3) is 0 Å². The molecular formula is C24H38O8Si. The highest BCUT2D eigenvalue weighted by Crippen LogP contribution is 2.43. The zero-order valence-corrected chi connectivity index (χ0v) is 22.1. The summed E-state index contributed by atoms with van der Waals surface area (Å²) in [6.45, 7) is 18.8. The molecular weight excluding hydrogens is 444 g/mol. The molecule has 0 spiro atoms. The van der Waals surface area contributed by atoms with Gasteiger partial charge in [0.25, 0.3) is 0 Å². The molecule has 0 radical (unpaired) electrons. The molecule has 0 aromatic rings. The molecule has 0 heterocycles. The summed E-state index contributed by atoms with van der Waals surface area (Å²) in [4.78, 5) is 51.6. The van der Waals surface area contributed by atoms with Crippen molar-refractivity contribution in [2.75, 3.05) is 19.8 Å². The zero-order chi connectivity index (χ0) is 25.6. The third-order valence-electron chi connectivity index (χ3n) is 6.14. The van der Waals surface area contributed by atoms with E-state index in [1.54, 1.807) is 20.8 Å². The fraction of sp³-hybridized carbons (Fsp3) is 0.667. The molecule has 9 heteroatoms. The molecule has 0 aliphatic heterocycles. The highest BCUT2D eigenvalue weighted by atomic mass is 28.4. The average molecular weight is 483 g/mol. The van der Waals surface area contributed by atoms with Gasteiger partial charge in [-0.2, -0.15) is 0 Å². The van der Waals surface area contributed by atoms with Crippen LogP contribution in [-0.2, 0) is 37.8 Å². The van der Waals surface area contributed by atoms with E-state index in [4.69, 9.17) is 18.6 Å². The summed E-state index contributed by atoms with van der Waals surface area (Å²) in [5, 5.41) is -0.121. The summed E-state index contributed by atoms with van der Waals surface area (Å²) in [6.07, 6.45) is 2.05. The molecule has 0 bridgehead atoms. The molecule has 0 N–H and O–H groups in total. The van der Waals surface area contributed by atoms with E-state index in [9.17, 15) is 19.2 Å². The first kappa shape index (κ1) is 28.8. The van der Waals surface area contributed by atoms with Crippen LogP contribution in [0.15, 0.2) is 24.3 Å². The average Bonchev–Trinajstić information content (AvgIpc) is 3.02. The fourth-order valence-electron chi connectivity index (χ4n) is 3.53. The van der Waals surface area contributed by atoms with Gasteiger partial charge in [-0.1, -0.05) is 33.4 Å². The predicted octanol–water partition coefficient (Wildman–Crippen LogP) is 3.61. The molecule has 1 rings (SSSR count). The Morgan fingerprint density at radius 1 is 1.09 bits per heavy atom. The third kappa shape index (κ3) is 6.86. The summed E-state index contributed by atoms with van der Waals surface area (Å²) < 4.78 is 21.9. The molecule has 0 fully saturated rings. The van der Waals surface area contributed by atoms with Crippen molar-refractivity contribution in [1.29, 1.82) is 0 Å². The van der Waals surface area contributed by atoms with Crippen molar-refractivity contribution in [1.82, 2.24) is 0 Å². The highest BCUT2D eigenvalue weighted by molar-refractivity contribution is 6.74. The van der Waals surface area contributed by atoms with E-state index in [2.05, 4.69) is 40.4 Å². The van der Waals surface area contributed by atoms with Crippen molar-refractivity contribution in [3.8, 4) is 0 Å². The third-order valence-corrected chi connectivity index (χ3v) is 10.7. The summed E-state index contributed by atoms with van der Waals surface area (Å²) >= 11 is 0. The van der Waals surface area contributed by atoms with Gasteiger partial charge in [0.2, 0.25) is 0 Å². The molecule has 0 unspecified atom stereocenters. The Morgan fingerprint density at radius 2 is 1.61 bits per heavy atom. The molecule has 3 atom stereocenters. The maximum absolute atomic E-state index is 13.0. The lowest BCUT2D eigenvalue weighted by molar-refractivity contribution is -0.166. The van der Waals surface area contributed by atoms with Crippen LogP contribution in [-0.4, -0.2) is 57.9 Å². The molecule has 0 aromatic heterocycles. The number of esters is 3. The molecule has 33 heavy (non-hydrogen) atoms. The van der Waals surface area contributed by atoms with Gasteiger partial charge in [0.05, 0.1) is 19.3 Å². The number of rotatable bonds is 11. The second-order valence-electron chi connectivity index (χ2n) is 9.47. The summed E-state index contributed by atoms with van der Waals surface area (Å²) in [7, 11) is -2.29. The van der Waals surface area contributed by atoms with Crippen LogP contribution in [0.3, 0.4) is 0 Å². The van der Waals surface area contributed by atoms with Crippen molar-refractivity contribution in [2.45, 2.75) is 65.8 Å². The Bertz CT molecular complexity index is 775. The van der Waals surface area contributed by atoms with Crippen molar-refractivity contribution < 1.29 is 37.8 Å². The molecule has 1 aliphatic rings. The molecule has 0 aromatic carbocycles. The Kier molecular flexibility index (Phi) is 10.2. The second-order valence-corrected chi connectivity index (χ2v) is 14.2. The number of allylic oxidation sites excluding steroid dienone is 1. The second kappa shape index (κ2) is 11.7. The predicted molar refractivity (Wildman–Crippen MR) is 126 cm³/mol. The summed E-state index contributed by atoms with van der Waals surface area (Å²) in [5.41, 5.74) is 0.386. The van der Waals surface area contributed by atoms with Gasteiger partial charge in [-0.05, 0) is 50.6 Å². The number of hydrogen-bond acceptors (Lipinski definition) is 8. The van der Waals surface area contributed by atoms with Gasteiger partial charge < -0.3 is 18.6 Å². The topological polar surface area (TPSA) is 105 Å². The van der Waals surface area contributed by atoms with E-state index < -0.39 is 55.9 Å². The quantitative estimate of drug-likeness (QED) is 0.145. The zero-order valence-electron chi connectivity index (χ0n) is 21.1. The van der Waals surface area contributed by atoms with Crippen molar-refractivity contribution >= 4 is 32.0 Å². The number of ketones is 1. The van der Waals surface area contributed by atoms with Crippen LogP contribution in [0.5, 0.6) is 0 Å². The maximum Gasteiger partial charge on any atom is 0.320 e. The Balaban J connectivity index is 3.54. The van der Waals surface area contributed by atoms with E-state index in [1.165, 1.54) is 12.2 Å². The minimum absolute atomic E-state index is 0.0239. The van der Waals surface area contributed by atoms with Crippen LogP contribution < -0.4 is 0 Å². The van der Waals surface area contributed by atoms with Crippen molar-refractivity contribution in [3.05, 3.63) is 24.3 Å². The van der Waals surface area contributed by atoms with E-state index in [-0.39, 0.29) is 24.9 Å². The van der Waals surface area contributed by atoms with Gasteiger partial charge >= 0.3 is 17.9 Å². The van der Waals surface area contributed by atoms with Crippen molar-refractivity contribution in [3.63, 3.8) is 0 Å². The first-order valence-corrected chi connectivity index (χ1v) is 14.2. The molecule has 0 saturated carbocycles. The lowest BCUT2D eigenvalue weighted by Gasteiger charge is -2.40. The minimum Gasteiger partial charge on any atom is -0.465 e. The van der Waals surface area contributed by atoms with Crippen LogP contribution in [0, 0.1) is 17.8 Å². The van der Waals surface area contributed by atoms with E-state index in [1.807, 2.05) is 0 Å². The summed E-state index contributed by atoms with van der Waals surface area (Å²) in [5.74, 6) is -7.13. The number of ether oxygens (including phenoxy) is 3. The first-order valence-electron chi connectivity index (χ1n) is 11.3. The van der Waals surface area contributed by atoms with Gasteiger partial charge in [-0.15, -0.1) is 0 Å². The molecule has 8 nitrogen and oxygen atoms in total. The summed E-state index contributed by atoms with van der Waals surface area (Å²) in [6, 6.07) is 0. The monoisotopic (exact) mass is 482 g/mol. The maximum atomic E-state index is 13.0. The molecule has 0 amide bonds. The molecule has 0 saturated heterocycles. The van der Waals surface area contributed by atoms with E-state index in [0.29, 0.717) is 5.57 Å². The normalized spacial score (nSPS) is 19.7. The van der Waals surface area contributed by atoms with Gasteiger partial charge in [-0.3, -0.25) is 19.2 Å². The first-order chi connectivity index (χ1) is 15.2. The number of carbonyl (C=O) groups is 4.